The van der Waals surface area contributed by atoms with E-state index in [0.29, 0.717) is 19.1 Å². The highest BCUT2D eigenvalue weighted by Gasteiger charge is 2.37. The van der Waals surface area contributed by atoms with Gasteiger partial charge in [0.1, 0.15) is 0 Å². The summed E-state index contributed by atoms with van der Waals surface area (Å²) in [4.78, 5) is 12.5. The van der Waals surface area contributed by atoms with Gasteiger partial charge in [-0.2, -0.15) is 0 Å². The summed E-state index contributed by atoms with van der Waals surface area (Å²) in [7, 11) is 2.23. The largest absolute Gasteiger partial charge is 0.500 e. The summed E-state index contributed by atoms with van der Waals surface area (Å²) in [6.45, 7) is 6.66. The fraction of sp³-hybridized carbons (Fsp3) is 0.964. The highest BCUT2D eigenvalue weighted by atomic mass is 28.4. The summed E-state index contributed by atoms with van der Waals surface area (Å²) in [6, 6.07) is 0.642. The lowest BCUT2D eigenvalue weighted by Crippen LogP contribution is -2.42. The topological polar surface area (TPSA) is 54.0 Å². The Kier molecular flexibility index (Phi) is 21.5. The summed E-state index contributed by atoms with van der Waals surface area (Å²) in [5.74, 6) is -0.104. The average molecular weight is 503 g/mol. The van der Waals surface area contributed by atoms with E-state index in [9.17, 15) is 4.79 Å². The molecule has 0 aromatic carbocycles. The molecule has 0 atom stereocenters. The van der Waals surface area contributed by atoms with Crippen LogP contribution < -0.4 is 0 Å². The third-order valence-electron chi connectivity index (χ3n) is 7.00. The van der Waals surface area contributed by atoms with Crippen LogP contribution in [-0.4, -0.2) is 42.7 Å². The minimum absolute atomic E-state index is 0.104. The van der Waals surface area contributed by atoms with Crippen LogP contribution in [0.2, 0.25) is 6.04 Å². The zero-order valence-corrected chi connectivity index (χ0v) is 24.7. The van der Waals surface area contributed by atoms with Crippen molar-refractivity contribution in [1.82, 2.24) is 0 Å². The molecule has 0 aromatic rings. The van der Waals surface area contributed by atoms with E-state index in [1.54, 1.807) is 21.3 Å². The van der Waals surface area contributed by atoms with Gasteiger partial charge in [0.05, 0.1) is 12.0 Å². The van der Waals surface area contributed by atoms with Crippen LogP contribution in [0.15, 0.2) is 0 Å². The van der Waals surface area contributed by atoms with Gasteiger partial charge in [0.25, 0.3) is 0 Å². The molecule has 0 rings (SSSR count). The van der Waals surface area contributed by atoms with Crippen molar-refractivity contribution in [2.24, 2.45) is 5.41 Å². The number of carbonyl (C=O) groups excluding carboxylic acids is 1. The van der Waals surface area contributed by atoms with Crippen LogP contribution in [0.5, 0.6) is 0 Å². The predicted octanol–water partition coefficient (Wildman–Crippen LogP) is 8.48. The highest BCUT2D eigenvalue weighted by molar-refractivity contribution is 6.60. The number of unbranched alkanes of at least 4 members (excludes halogenated alkanes) is 15. The molecule has 0 bridgehead atoms. The first-order valence-corrected chi connectivity index (χ1v) is 16.1. The maximum absolute atomic E-state index is 12.5. The Balaban J connectivity index is 3.61. The number of carbonyl (C=O) groups is 1. The van der Waals surface area contributed by atoms with Crippen molar-refractivity contribution < 1.29 is 22.8 Å². The lowest BCUT2D eigenvalue weighted by molar-refractivity contribution is -0.154. The van der Waals surface area contributed by atoms with Crippen LogP contribution in [0, 0.1) is 5.41 Å². The molecule has 0 aliphatic heterocycles. The van der Waals surface area contributed by atoms with E-state index >= 15 is 0 Å². The maximum atomic E-state index is 12.5. The molecule has 0 saturated heterocycles. The van der Waals surface area contributed by atoms with Gasteiger partial charge in [-0.1, -0.05) is 110 Å². The van der Waals surface area contributed by atoms with Crippen molar-refractivity contribution in [3.8, 4) is 0 Å². The van der Waals surface area contributed by atoms with Gasteiger partial charge in [0.15, 0.2) is 0 Å². The van der Waals surface area contributed by atoms with Gasteiger partial charge in [-0.3, -0.25) is 4.79 Å². The SMILES string of the molecule is CCCCCCCCCCCCCCCCCCC(C)(C)C(=O)OCCC[Si](OC)(OC)OC. The molecule has 0 amide bonds. The summed E-state index contributed by atoms with van der Waals surface area (Å²) >= 11 is 0. The van der Waals surface area contributed by atoms with E-state index in [-0.39, 0.29) is 5.97 Å². The van der Waals surface area contributed by atoms with Crippen molar-refractivity contribution in [3.05, 3.63) is 0 Å². The fourth-order valence-corrected chi connectivity index (χ4v) is 6.11. The molecule has 204 valence electrons. The standard InChI is InChI=1S/C28H58O5Si/c1-7-8-9-10-11-12-13-14-15-16-17-18-19-20-21-22-24-28(2,3)27(29)33-25-23-26-34(30-4,31-5)32-6/h7-26H2,1-6H3. The Morgan fingerprint density at radius 3 is 1.38 bits per heavy atom. The summed E-state index contributed by atoms with van der Waals surface area (Å²) in [5.41, 5.74) is -0.422. The first-order valence-electron chi connectivity index (χ1n) is 14.2. The molecule has 6 heteroatoms. The third kappa shape index (κ3) is 17.1. The Labute approximate surface area is 213 Å². The van der Waals surface area contributed by atoms with Crippen molar-refractivity contribution >= 4 is 14.8 Å². The molecule has 0 aromatic heterocycles. The molecule has 0 aliphatic carbocycles. The molecule has 0 aliphatic rings. The molecule has 34 heavy (non-hydrogen) atoms. The van der Waals surface area contributed by atoms with Gasteiger partial charge < -0.3 is 18.0 Å². The molecule has 0 fully saturated rings. The van der Waals surface area contributed by atoms with Gasteiger partial charge in [0.2, 0.25) is 0 Å². The van der Waals surface area contributed by atoms with E-state index in [1.807, 2.05) is 13.8 Å². The minimum Gasteiger partial charge on any atom is -0.465 e. The first-order chi connectivity index (χ1) is 16.4. The Bertz CT molecular complexity index is 457. The molecule has 0 unspecified atom stereocenters. The molecular weight excluding hydrogens is 444 g/mol. The third-order valence-corrected chi connectivity index (χ3v) is 9.83. The van der Waals surface area contributed by atoms with E-state index in [0.717, 1.165) is 12.8 Å². The highest BCUT2D eigenvalue weighted by Crippen LogP contribution is 2.26. The Morgan fingerprint density at radius 1 is 0.618 bits per heavy atom. The smallest absolute Gasteiger partial charge is 0.465 e. The summed E-state index contributed by atoms with van der Waals surface area (Å²) < 4.78 is 21.7. The van der Waals surface area contributed by atoms with Gasteiger partial charge in [-0.15, -0.1) is 0 Å². The Hall–Kier alpha value is -0.433. The molecule has 0 spiro atoms. The second-order valence-corrected chi connectivity index (χ2v) is 13.6. The van der Waals surface area contributed by atoms with E-state index < -0.39 is 14.2 Å². The van der Waals surface area contributed by atoms with Crippen LogP contribution in [-0.2, 0) is 22.8 Å². The van der Waals surface area contributed by atoms with E-state index in [2.05, 4.69) is 6.92 Å². The molecule has 0 heterocycles. The monoisotopic (exact) mass is 502 g/mol. The van der Waals surface area contributed by atoms with Crippen LogP contribution >= 0.6 is 0 Å². The predicted molar refractivity (Wildman–Crippen MR) is 145 cm³/mol. The van der Waals surface area contributed by atoms with E-state index in [4.69, 9.17) is 18.0 Å². The molecule has 0 N–H and O–H groups in total. The number of hydrogen-bond acceptors (Lipinski definition) is 5. The number of ether oxygens (including phenoxy) is 1. The van der Waals surface area contributed by atoms with Crippen LogP contribution in [0.1, 0.15) is 136 Å². The maximum Gasteiger partial charge on any atom is 0.500 e. The van der Waals surface area contributed by atoms with Crippen LogP contribution in [0.25, 0.3) is 0 Å². The molecule has 5 nitrogen and oxygen atoms in total. The molecular formula is C28H58O5Si. The lowest BCUT2D eigenvalue weighted by atomic mass is 9.87. The van der Waals surface area contributed by atoms with Crippen LogP contribution in [0.4, 0.5) is 0 Å². The fourth-order valence-electron chi connectivity index (χ4n) is 4.42. The zero-order chi connectivity index (χ0) is 25.5. The second kappa shape index (κ2) is 21.8. The minimum atomic E-state index is -2.58. The van der Waals surface area contributed by atoms with Gasteiger partial charge in [-0.05, 0) is 26.7 Å². The number of esters is 1. The average Bonchev–Trinajstić information content (AvgIpc) is 2.84. The van der Waals surface area contributed by atoms with E-state index in [1.165, 1.54) is 96.3 Å². The van der Waals surface area contributed by atoms with Gasteiger partial charge in [-0.25, -0.2) is 0 Å². The summed E-state index contributed by atoms with van der Waals surface area (Å²) in [5, 5.41) is 0. The quantitative estimate of drug-likeness (QED) is 0.0711. The lowest BCUT2D eigenvalue weighted by Gasteiger charge is -2.25. The van der Waals surface area contributed by atoms with Gasteiger partial charge in [0, 0.05) is 27.4 Å². The molecule has 0 radical (unpaired) electrons. The van der Waals surface area contributed by atoms with Crippen molar-refractivity contribution in [1.29, 1.82) is 0 Å². The van der Waals surface area contributed by atoms with Crippen molar-refractivity contribution in [2.45, 2.75) is 142 Å². The zero-order valence-electron chi connectivity index (χ0n) is 23.7. The number of rotatable bonds is 25. The summed E-state index contributed by atoms with van der Waals surface area (Å²) in [6.07, 6.45) is 23.4. The molecule has 0 saturated carbocycles. The van der Waals surface area contributed by atoms with Crippen molar-refractivity contribution in [2.75, 3.05) is 27.9 Å². The second-order valence-electron chi connectivity index (χ2n) is 10.5. The Morgan fingerprint density at radius 2 is 1.00 bits per heavy atom. The van der Waals surface area contributed by atoms with Crippen molar-refractivity contribution in [3.63, 3.8) is 0 Å². The van der Waals surface area contributed by atoms with Gasteiger partial charge >= 0.3 is 14.8 Å². The normalized spacial score (nSPS) is 12.3. The van der Waals surface area contributed by atoms with Crippen LogP contribution in [0.3, 0.4) is 0 Å². The number of hydrogen-bond donors (Lipinski definition) is 0. The first kappa shape index (κ1) is 33.6.